The van der Waals surface area contributed by atoms with E-state index < -0.39 is 5.97 Å². The fourth-order valence-electron chi connectivity index (χ4n) is 2.29. The van der Waals surface area contributed by atoms with Crippen LogP contribution < -0.4 is 0 Å². The highest BCUT2D eigenvalue weighted by Gasteiger charge is 2.15. The molecule has 0 bridgehead atoms. The molecule has 0 spiro atoms. The molecule has 1 N–H and O–H groups in total. The number of rotatable bonds is 10. The third-order valence-electron chi connectivity index (χ3n) is 3.14. The van der Waals surface area contributed by atoms with E-state index in [1.807, 2.05) is 0 Å². The molecular weight excluding hydrogens is 214 g/mol. The van der Waals surface area contributed by atoms with E-state index in [4.69, 9.17) is 5.11 Å². The van der Waals surface area contributed by atoms with Gasteiger partial charge in [-0.25, -0.2) is 0 Å². The lowest BCUT2D eigenvalue weighted by molar-refractivity contribution is -0.137. The number of hydrogen-bond acceptors (Lipinski definition) is 2. The number of carboxylic acid groups (broad SMARTS) is 1. The van der Waals surface area contributed by atoms with Gasteiger partial charge in [0.1, 0.15) is 0 Å². The molecule has 0 amide bonds. The summed E-state index contributed by atoms with van der Waals surface area (Å²) in [4.78, 5) is 13.0. The van der Waals surface area contributed by atoms with Crippen molar-refractivity contribution in [3.8, 4) is 0 Å². The molecule has 0 rings (SSSR count). The summed E-state index contributed by atoms with van der Waals surface area (Å²) in [5.74, 6) is -0.00184. The predicted molar refractivity (Wildman–Crippen MR) is 72.3 cm³/mol. The minimum atomic E-state index is -0.678. The SMILES string of the molecule is CCC(CC)N(CCCCC(=O)O)CC(C)C. The minimum Gasteiger partial charge on any atom is -0.481 e. The molecule has 0 fully saturated rings. The Morgan fingerprint density at radius 2 is 1.76 bits per heavy atom. The van der Waals surface area contributed by atoms with Gasteiger partial charge in [0.15, 0.2) is 0 Å². The van der Waals surface area contributed by atoms with Crippen LogP contribution in [0.5, 0.6) is 0 Å². The topological polar surface area (TPSA) is 40.5 Å². The van der Waals surface area contributed by atoms with Gasteiger partial charge in [0.2, 0.25) is 0 Å². The normalized spacial score (nSPS) is 11.7. The summed E-state index contributed by atoms with van der Waals surface area (Å²) in [6, 6.07) is 0.655. The lowest BCUT2D eigenvalue weighted by Crippen LogP contribution is -2.38. The Kier molecular flexibility index (Phi) is 9.14. The number of carbonyl (C=O) groups is 1. The van der Waals surface area contributed by atoms with Crippen LogP contribution in [-0.4, -0.2) is 35.1 Å². The molecule has 3 nitrogen and oxygen atoms in total. The number of aliphatic carboxylic acids is 1. The van der Waals surface area contributed by atoms with E-state index >= 15 is 0 Å². The maximum absolute atomic E-state index is 10.5. The molecule has 0 saturated heterocycles. The highest BCUT2D eigenvalue weighted by atomic mass is 16.4. The molecule has 0 aliphatic rings. The Hall–Kier alpha value is -0.570. The maximum atomic E-state index is 10.5. The van der Waals surface area contributed by atoms with Crippen LogP contribution in [0.2, 0.25) is 0 Å². The second-order valence-corrected chi connectivity index (χ2v) is 5.21. The molecule has 0 heterocycles. The van der Waals surface area contributed by atoms with E-state index in [1.54, 1.807) is 0 Å². The Bertz CT molecular complexity index is 200. The van der Waals surface area contributed by atoms with Crippen LogP contribution in [-0.2, 0) is 4.79 Å². The van der Waals surface area contributed by atoms with E-state index in [-0.39, 0.29) is 0 Å². The van der Waals surface area contributed by atoms with Crippen LogP contribution in [0.3, 0.4) is 0 Å². The summed E-state index contributed by atoms with van der Waals surface area (Å²) in [6.07, 6.45) is 4.46. The Balaban J connectivity index is 4.05. The molecule has 0 aliphatic carbocycles. The van der Waals surface area contributed by atoms with Crippen molar-refractivity contribution in [2.45, 2.75) is 65.8 Å². The largest absolute Gasteiger partial charge is 0.481 e. The van der Waals surface area contributed by atoms with E-state index in [0.717, 1.165) is 25.9 Å². The highest BCUT2D eigenvalue weighted by molar-refractivity contribution is 5.66. The standard InChI is InChI=1S/C14H29NO2/c1-5-13(6-2)15(11-12(3)4)10-8-7-9-14(16)17/h12-13H,5-11H2,1-4H3,(H,16,17). The van der Waals surface area contributed by atoms with Gasteiger partial charge >= 0.3 is 5.97 Å². The Morgan fingerprint density at radius 3 is 2.18 bits per heavy atom. The van der Waals surface area contributed by atoms with Crippen molar-refractivity contribution in [2.24, 2.45) is 5.92 Å². The fraction of sp³-hybridized carbons (Fsp3) is 0.929. The first-order chi connectivity index (χ1) is 8.01. The van der Waals surface area contributed by atoms with Crippen molar-refractivity contribution in [3.05, 3.63) is 0 Å². The van der Waals surface area contributed by atoms with Gasteiger partial charge in [0.25, 0.3) is 0 Å². The van der Waals surface area contributed by atoms with Gasteiger partial charge in [-0.1, -0.05) is 27.7 Å². The van der Waals surface area contributed by atoms with Crippen molar-refractivity contribution in [3.63, 3.8) is 0 Å². The van der Waals surface area contributed by atoms with Crippen molar-refractivity contribution in [2.75, 3.05) is 13.1 Å². The number of hydrogen-bond donors (Lipinski definition) is 1. The van der Waals surface area contributed by atoms with Gasteiger partial charge in [-0.15, -0.1) is 0 Å². The molecular formula is C14H29NO2. The molecule has 0 aromatic carbocycles. The van der Waals surface area contributed by atoms with Gasteiger partial charge in [0, 0.05) is 19.0 Å². The lowest BCUT2D eigenvalue weighted by Gasteiger charge is -2.31. The lowest BCUT2D eigenvalue weighted by atomic mass is 10.1. The fourth-order valence-corrected chi connectivity index (χ4v) is 2.29. The average molecular weight is 243 g/mol. The van der Waals surface area contributed by atoms with Crippen molar-refractivity contribution in [1.82, 2.24) is 4.90 Å². The zero-order valence-electron chi connectivity index (χ0n) is 11.9. The molecule has 0 aliphatic heterocycles. The van der Waals surface area contributed by atoms with E-state index in [1.165, 1.54) is 12.8 Å². The van der Waals surface area contributed by atoms with Crippen molar-refractivity contribution >= 4 is 5.97 Å². The summed E-state index contributed by atoms with van der Waals surface area (Å²) in [7, 11) is 0. The molecule has 17 heavy (non-hydrogen) atoms. The van der Waals surface area contributed by atoms with Gasteiger partial charge in [-0.3, -0.25) is 4.79 Å². The smallest absolute Gasteiger partial charge is 0.303 e. The molecule has 0 radical (unpaired) electrons. The summed E-state index contributed by atoms with van der Waals surface area (Å²) in [5.41, 5.74) is 0. The first kappa shape index (κ1) is 16.4. The number of carboxylic acids is 1. The van der Waals surface area contributed by atoms with Gasteiger partial charge < -0.3 is 10.0 Å². The highest BCUT2D eigenvalue weighted by Crippen LogP contribution is 2.13. The predicted octanol–water partition coefficient (Wildman–Crippen LogP) is 3.39. The maximum Gasteiger partial charge on any atom is 0.303 e. The third kappa shape index (κ3) is 8.19. The van der Waals surface area contributed by atoms with Crippen LogP contribution in [0.25, 0.3) is 0 Å². The number of nitrogens with zero attached hydrogens (tertiary/aromatic N) is 1. The van der Waals surface area contributed by atoms with Crippen LogP contribution in [0.4, 0.5) is 0 Å². The van der Waals surface area contributed by atoms with Crippen LogP contribution in [0, 0.1) is 5.92 Å². The summed E-state index contributed by atoms with van der Waals surface area (Å²) >= 11 is 0. The first-order valence-corrected chi connectivity index (χ1v) is 6.97. The molecule has 0 saturated carbocycles. The van der Waals surface area contributed by atoms with Crippen molar-refractivity contribution < 1.29 is 9.90 Å². The average Bonchev–Trinajstić information content (AvgIpc) is 2.24. The minimum absolute atomic E-state index is 0.304. The second-order valence-electron chi connectivity index (χ2n) is 5.21. The zero-order chi connectivity index (χ0) is 13.3. The van der Waals surface area contributed by atoms with Crippen molar-refractivity contribution in [1.29, 1.82) is 0 Å². The summed E-state index contributed by atoms with van der Waals surface area (Å²) in [5, 5.41) is 8.61. The van der Waals surface area contributed by atoms with E-state index in [2.05, 4.69) is 32.6 Å². The van der Waals surface area contributed by atoms with Crippen LogP contribution >= 0.6 is 0 Å². The Labute approximate surface area is 106 Å². The molecule has 0 aromatic heterocycles. The number of unbranched alkanes of at least 4 members (excludes halogenated alkanes) is 1. The van der Waals surface area contributed by atoms with E-state index in [0.29, 0.717) is 18.4 Å². The zero-order valence-corrected chi connectivity index (χ0v) is 11.9. The van der Waals surface area contributed by atoms with Gasteiger partial charge in [0.05, 0.1) is 0 Å². The Morgan fingerprint density at radius 1 is 1.18 bits per heavy atom. The molecule has 0 unspecified atom stereocenters. The van der Waals surface area contributed by atoms with E-state index in [9.17, 15) is 4.79 Å². The third-order valence-corrected chi connectivity index (χ3v) is 3.14. The monoisotopic (exact) mass is 243 g/mol. The first-order valence-electron chi connectivity index (χ1n) is 6.97. The molecule has 3 heteroatoms. The molecule has 0 aromatic rings. The van der Waals surface area contributed by atoms with Crippen LogP contribution in [0.1, 0.15) is 59.8 Å². The summed E-state index contributed by atoms with van der Waals surface area (Å²) in [6.45, 7) is 11.1. The molecule has 102 valence electrons. The molecule has 0 atom stereocenters. The quantitative estimate of drug-likeness (QED) is 0.598. The van der Waals surface area contributed by atoms with Gasteiger partial charge in [-0.2, -0.15) is 0 Å². The van der Waals surface area contributed by atoms with Crippen LogP contribution in [0.15, 0.2) is 0 Å². The van der Waals surface area contributed by atoms with Gasteiger partial charge in [-0.05, 0) is 38.1 Å². The summed E-state index contributed by atoms with van der Waals surface area (Å²) < 4.78 is 0. The second kappa shape index (κ2) is 9.46.